The number of hydrogen-bond donors (Lipinski definition) is 1. The molecule has 1 aliphatic heterocycles. The summed E-state index contributed by atoms with van der Waals surface area (Å²) in [7, 11) is 0. The predicted octanol–water partition coefficient (Wildman–Crippen LogP) is 2.65. The normalized spacial score (nSPS) is 13.8. The second-order valence-corrected chi connectivity index (χ2v) is 6.54. The SMILES string of the molecule is O=c1n(CC(O)c2ccccc2)c2cccnc2n1-c1ccc2c(c1)OCO2. The lowest BCUT2D eigenvalue weighted by Crippen LogP contribution is -2.25. The highest BCUT2D eigenvalue weighted by molar-refractivity contribution is 5.74. The van der Waals surface area contributed by atoms with Crippen molar-refractivity contribution >= 4 is 11.2 Å². The Morgan fingerprint density at radius 3 is 2.71 bits per heavy atom. The zero-order chi connectivity index (χ0) is 19.1. The van der Waals surface area contributed by atoms with Gasteiger partial charge >= 0.3 is 5.69 Å². The molecule has 0 fully saturated rings. The second kappa shape index (κ2) is 6.54. The minimum Gasteiger partial charge on any atom is -0.454 e. The van der Waals surface area contributed by atoms with Crippen molar-refractivity contribution in [3.8, 4) is 17.2 Å². The van der Waals surface area contributed by atoms with Gasteiger partial charge in [-0.3, -0.25) is 4.57 Å². The van der Waals surface area contributed by atoms with E-state index in [9.17, 15) is 9.90 Å². The molecule has 2 aromatic carbocycles. The molecule has 5 rings (SSSR count). The Hall–Kier alpha value is -3.58. The predicted molar refractivity (Wildman–Crippen MR) is 103 cm³/mol. The number of aliphatic hydroxyl groups is 1. The Kier molecular flexibility index (Phi) is 3.87. The minimum absolute atomic E-state index is 0.128. The van der Waals surface area contributed by atoms with Crippen molar-refractivity contribution in [2.45, 2.75) is 12.6 Å². The van der Waals surface area contributed by atoms with Crippen molar-refractivity contribution in [3.05, 3.63) is 82.9 Å². The maximum absolute atomic E-state index is 13.3. The summed E-state index contributed by atoms with van der Waals surface area (Å²) in [5.74, 6) is 1.23. The fourth-order valence-corrected chi connectivity index (χ4v) is 3.47. The molecule has 0 saturated heterocycles. The molecule has 1 unspecified atom stereocenters. The average Bonchev–Trinajstić information content (AvgIpc) is 3.31. The lowest BCUT2D eigenvalue weighted by Gasteiger charge is -2.11. The molecule has 1 N–H and O–H groups in total. The summed E-state index contributed by atoms with van der Waals surface area (Å²) in [4.78, 5) is 17.7. The number of fused-ring (bicyclic) bond motifs is 2. The van der Waals surface area contributed by atoms with Crippen LogP contribution in [-0.4, -0.2) is 26.0 Å². The molecular formula is C21H17N3O4. The smallest absolute Gasteiger partial charge is 0.335 e. The van der Waals surface area contributed by atoms with E-state index in [0.717, 1.165) is 5.56 Å². The molecule has 3 heterocycles. The van der Waals surface area contributed by atoms with Crippen LogP contribution in [0.3, 0.4) is 0 Å². The zero-order valence-corrected chi connectivity index (χ0v) is 14.9. The Labute approximate surface area is 160 Å². The first-order chi connectivity index (χ1) is 13.7. The summed E-state index contributed by atoms with van der Waals surface area (Å²) in [5.41, 5.74) is 2.28. The fraction of sp³-hybridized carbons (Fsp3) is 0.143. The minimum atomic E-state index is -0.810. The van der Waals surface area contributed by atoms with Gasteiger partial charge in [-0.15, -0.1) is 0 Å². The summed E-state index contributed by atoms with van der Waals surface area (Å²) in [6.07, 6.45) is 0.832. The van der Waals surface area contributed by atoms with Crippen molar-refractivity contribution in [2.24, 2.45) is 0 Å². The van der Waals surface area contributed by atoms with Crippen LogP contribution in [0, 0.1) is 0 Å². The molecule has 0 saturated carbocycles. The first kappa shape index (κ1) is 16.6. The highest BCUT2D eigenvalue weighted by Crippen LogP contribution is 2.34. The van der Waals surface area contributed by atoms with E-state index >= 15 is 0 Å². The van der Waals surface area contributed by atoms with E-state index in [1.807, 2.05) is 36.4 Å². The van der Waals surface area contributed by atoms with Gasteiger partial charge in [0.25, 0.3) is 0 Å². The van der Waals surface area contributed by atoms with Crippen molar-refractivity contribution < 1.29 is 14.6 Å². The molecule has 0 aliphatic carbocycles. The van der Waals surface area contributed by atoms with Gasteiger partial charge in [-0.05, 0) is 29.8 Å². The van der Waals surface area contributed by atoms with Gasteiger partial charge in [-0.2, -0.15) is 0 Å². The first-order valence-corrected chi connectivity index (χ1v) is 8.91. The van der Waals surface area contributed by atoms with Crippen LogP contribution in [0.1, 0.15) is 11.7 Å². The van der Waals surface area contributed by atoms with Crippen LogP contribution in [0.15, 0.2) is 71.7 Å². The molecule has 1 aliphatic rings. The van der Waals surface area contributed by atoms with Gasteiger partial charge in [0.05, 0.1) is 23.9 Å². The van der Waals surface area contributed by atoms with Crippen LogP contribution in [-0.2, 0) is 6.54 Å². The van der Waals surface area contributed by atoms with E-state index in [0.29, 0.717) is 28.4 Å². The summed E-state index contributed by atoms with van der Waals surface area (Å²) >= 11 is 0. The number of pyridine rings is 1. The van der Waals surface area contributed by atoms with Crippen molar-refractivity contribution in [1.29, 1.82) is 0 Å². The van der Waals surface area contributed by atoms with E-state index in [2.05, 4.69) is 4.98 Å². The summed E-state index contributed by atoms with van der Waals surface area (Å²) in [6, 6.07) is 18.2. The van der Waals surface area contributed by atoms with Gasteiger partial charge in [0.2, 0.25) is 6.79 Å². The topological polar surface area (TPSA) is 78.5 Å². The zero-order valence-electron chi connectivity index (χ0n) is 14.9. The van der Waals surface area contributed by atoms with Gasteiger partial charge in [0.1, 0.15) is 0 Å². The highest BCUT2D eigenvalue weighted by atomic mass is 16.7. The second-order valence-electron chi connectivity index (χ2n) is 6.54. The molecule has 2 aromatic heterocycles. The largest absolute Gasteiger partial charge is 0.454 e. The molecule has 7 nitrogen and oxygen atoms in total. The van der Waals surface area contributed by atoms with Gasteiger partial charge < -0.3 is 14.6 Å². The summed E-state index contributed by atoms with van der Waals surface area (Å²) in [5, 5.41) is 10.6. The van der Waals surface area contributed by atoms with Crippen LogP contribution >= 0.6 is 0 Å². The number of imidazole rings is 1. The molecule has 0 bridgehead atoms. The third kappa shape index (κ3) is 2.64. The Morgan fingerprint density at radius 1 is 1.04 bits per heavy atom. The number of aromatic nitrogens is 3. The van der Waals surface area contributed by atoms with Gasteiger partial charge in [-0.1, -0.05) is 30.3 Å². The van der Waals surface area contributed by atoms with E-state index in [1.165, 1.54) is 4.57 Å². The van der Waals surface area contributed by atoms with Crippen LogP contribution in [0.2, 0.25) is 0 Å². The molecular weight excluding hydrogens is 358 g/mol. The van der Waals surface area contributed by atoms with E-state index in [4.69, 9.17) is 9.47 Å². The quantitative estimate of drug-likeness (QED) is 0.593. The Morgan fingerprint density at radius 2 is 1.86 bits per heavy atom. The molecule has 7 heteroatoms. The average molecular weight is 375 g/mol. The Bertz CT molecular complexity index is 1210. The van der Waals surface area contributed by atoms with Crippen LogP contribution < -0.4 is 15.2 Å². The summed E-state index contributed by atoms with van der Waals surface area (Å²) < 4.78 is 13.9. The number of hydrogen-bond acceptors (Lipinski definition) is 5. The van der Waals surface area contributed by atoms with Crippen LogP contribution in [0.5, 0.6) is 11.5 Å². The molecule has 1 atom stereocenters. The number of benzene rings is 2. The Balaban J connectivity index is 1.64. The lowest BCUT2D eigenvalue weighted by molar-refractivity contribution is 0.156. The fourth-order valence-electron chi connectivity index (χ4n) is 3.47. The number of rotatable bonds is 4. The monoisotopic (exact) mass is 375 g/mol. The van der Waals surface area contributed by atoms with Crippen LogP contribution in [0.4, 0.5) is 0 Å². The molecule has 28 heavy (non-hydrogen) atoms. The van der Waals surface area contributed by atoms with Crippen molar-refractivity contribution in [2.75, 3.05) is 6.79 Å². The first-order valence-electron chi connectivity index (χ1n) is 8.91. The molecule has 0 spiro atoms. The third-order valence-corrected chi connectivity index (χ3v) is 4.85. The molecule has 0 radical (unpaired) electrons. The molecule has 140 valence electrons. The standard InChI is InChI=1S/C21H17N3O4/c25-17(14-5-2-1-3-6-14)12-23-16-7-4-10-22-20(16)24(21(23)26)15-8-9-18-19(11-15)28-13-27-18/h1-11,17,25H,12-13H2. The highest BCUT2D eigenvalue weighted by Gasteiger charge is 2.21. The van der Waals surface area contributed by atoms with Gasteiger partial charge in [0.15, 0.2) is 17.1 Å². The van der Waals surface area contributed by atoms with E-state index < -0.39 is 6.10 Å². The molecule has 4 aromatic rings. The number of nitrogens with zero attached hydrogens (tertiary/aromatic N) is 3. The van der Waals surface area contributed by atoms with Gasteiger partial charge in [0, 0.05) is 12.3 Å². The van der Waals surface area contributed by atoms with Crippen LogP contribution in [0.25, 0.3) is 16.9 Å². The maximum atomic E-state index is 13.3. The number of ether oxygens (including phenoxy) is 2. The van der Waals surface area contributed by atoms with Gasteiger partial charge in [-0.25, -0.2) is 14.3 Å². The van der Waals surface area contributed by atoms with E-state index in [-0.39, 0.29) is 19.0 Å². The third-order valence-electron chi connectivity index (χ3n) is 4.85. The summed E-state index contributed by atoms with van der Waals surface area (Å²) in [6.45, 7) is 0.291. The molecule has 0 amide bonds. The van der Waals surface area contributed by atoms with E-state index in [1.54, 1.807) is 35.0 Å². The number of aliphatic hydroxyl groups excluding tert-OH is 1. The van der Waals surface area contributed by atoms with Crippen molar-refractivity contribution in [1.82, 2.24) is 14.1 Å². The maximum Gasteiger partial charge on any atom is 0.335 e. The lowest BCUT2D eigenvalue weighted by atomic mass is 10.1. The van der Waals surface area contributed by atoms with Crippen molar-refractivity contribution in [3.63, 3.8) is 0 Å².